The first-order valence-electron chi connectivity index (χ1n) is 7.23. The highest BCUT2D eigenvalue weighted by Crippen LogP contribution is 2.30. The minimum atomic E-state index is -3.22. The van der Waals surface area contributed by atoms with E-state index in [1.807, 2.05) is 19.4 Å². The van der Waals surface area contributed by atoms with Crippen molar-refractivity contribution in [3.8, 4) is 0 Å². The number of aryl methyl sites for hydroxylation is 1. The Bertz CT molecular complexity index is 600. The number of rotatable bonds is 4. The Labute approximate surface area is 125 Å². The SMILES string of the molecule is Cn1cc(CN2C[C@@H](NS(C)(=O)=O)[C@H]3OCCC[C@H]32)cn1. The highest BCUT2D eigenvalue weighted by atomic mass is 32.2. The van der Waals surface area contributed by atoms with E-state index in [1.54, 1.807) is 4.68 Å². The zero-order valence-corrected chi connectivity index (χ0v) is 13.2. The summed E-state index contributed by atoms with van der Waals surface area (Å²) in [6, 6.07) is 0.111. The van der Waals surface area contributed by atoms with Gasteiger partial charge >= 0.3 is 0 Å². The molecule has 0 amide bonds. The standard InChI is InChI=1S/C13H22N4O3S/c1-16-7-10(6-14-16)8-17-9-11(15-21(2,18)19)13-12(17)4-3-5-20-13/h6-7,11-13,15H,3-5,8-9H2,1-2H3/t11-,12-,13-/m1/s1. The average molecular weight is 314 g/mol. The second-order valence-corrected chi connectivity index (χ2v) is 7.77. The number of nitrogens with zero attached hydrogens (tertiary/aromatic N) is 3. The second-order valence-electron chi connectivity index (χ2n) is 5.99. The lowest BCUT2D eigenvalue weighted by atomic mass is 10.0. The summed E-state index contributed by atoms with van der Waals surface area (Å²) in [5.41, 5.74) is 1.14. The lowest BCUT2D eigenvalue weighted by molar-refractivity contribution is -0.0193. The lowest BCUT2D eigenvalue weighted by Gasteiger charge is -2.32. The number of nitrogens with one attached hydrogen (secondary N) is 1. The van der Waals surface area contributed by atoms with Gasteiger partial charge in [-0.1, -0.05) is 0 Å². The minimum Gasteiger partial charge on any atom is -0.375 e. The summed E-state index contributed by atoms with van der Waals surface area (Å²) in [5, 5.41) is 4.19. The summed E-state index contributed by atoms with van der Waals surface area (Å²) in [4.78, 5) is 2.31. The maximum atomic E-state index is 11.5. The molecule has 0 unspecified atom stereocenters. The Balaban J connectivity index is 1.74. The van der Waals surface area contributed by atoms with Gasteiger partial charge in [0.2, 0.25) is 10.0 Å². The molecule has 0 saturated carbocycles. The van der Waals surface area contributed by atoms with Crippen molar-refractivity contribution in [2.75, 3.05) is 19.4 Å². The zero-order chi connectivity index (χ0) is 15.0. The molecule has 2 aliphatic heterocycles. The van der Waals surface area contributed by atoms with Crippen molar-refractivity contribution in [1.29, 1.82) is 0 Å². The second kappa shape index (κ2) is 5.68. The fraction of sp³-hybridized carbons (Fsp3) is 0.769. The molecular formula is C13H22N4O3S. The van der Waals surface area contributed by atoms with E-state index in [0.29, 0.717) is 13.2 Å². The van der Waals surface area contributed by atoms with Gasteiger partial charge in [0.15, 0.2) is 0 Å². The largest absolute Gasteiger partial charge is 0.375 e. The first kappa shape index (κ1) is 15.0. The van der Waals surface area contributed by atoms with Crippen molar-refractivity contribution in [2.45, 2.75) is 37.6 Å². The highest BCUT2D eigenvalue weighted by Gasteiger charge is 2.44. The molecule has 2 fully saturated rings. The molecule has 2 aliphatic rings. The van der Waals surface area contributed by atoms with Gasteiger partial charge in [0.25, 0.3) is 0 Å². The molecule has 0 aromatic carbocycles. The van der Waals surface area contributed by atoms with Crippen molar-refractivity contribution in [3.05, 3.63) is 18.0 Å². The number of hydrogen-bond acceptors (Lipinski definition) is 5. The van der Waals surface area contributed by atoms with Crippen molar-refractivity contribution in [2.24, 2.45) is 7.05 Å². The van der Waals surface area contributed by atoms with Gasteiger partial charge in [0.05, 0.1) is 24.6 Å². The molecule has 8 heteroatoms. The lowest BCUT2D eigenvalue weighted by Crippen LogP contribution is -2.47. The molecule has 1 aromatic heterocycles. The quantitative estimate of drug-likeness (QED) is 0.826. The van der Waals surface area contributed by atoms with Crippen LogP contribution in [0.1, 0.15) is 18.4 Å². The van der Waals surface area contributed by atoms with Gasteiger partial charge in [0, 0.05) is 44.5 Å². The molecule has 0 spiro atoms. The van der Waals surface area contributed by atoms with Crippen LogP contribution in [0.2, 0.25) is 0 Å². The summed E-state index contributed by atoms with van der Waals surface area (Å²) in [5.74, 6) is 0. The molecule has 2 saturated heterocycles. The third kappa shape index (κ3) is 3.45. The van der Waals surface area contributed by atoms with Gasteiger partial charge in [-0.25, -0.2) is 13.1 Å². The molecule has 118 valence electrons. The minimum absolute atomic E-state index is 0.0508. The van der Waals surface area contributed by atoms with Crippen LogP contribution < -0.4 is 4.72 Å². The Morgan fingerprint density at radius 3 is 3.00 bits per heavy atom. The molecule has 3 rings (SSSR count). The predicted molar refractivity (Wildman–Crippen MR) is 78.1 cm³/mol. The Morgan fingerprint density at radius 1 is 1.52 bits per heavy atom. The van der Waals surface area contributed by atoms with Crippen molar-refractivity contribution < 1.29 is 13.2 Å². The first-order chi connectivity index (χ1) is 9.92. The van der Waals surface area contributed by atoms with Crippen LogP contribution in [0, 0.1) is 0 Å². The van der Waals surface area contributed by atoms with Crippen LogP contribution in [0.15, 0.2) is 12.4 Å². The van der Waals surface area contributed by atoms with Crippen molar-refractivity contribution in [3.63, 3.8) is 0 Å². The average Bonchev–Trinajstić information content (AvgIpc) is 2.94. The van der Waals surface area contributed by atoms with Crippen molar-refractivity contribution in [1.82, 2.24) is 19.4 Å². The highest BCUT2D eigenvalue weighted by molar-refractivity contribution is 7.88. The maximum Gasteiger partial charge on any atom is 0.209 e. The van der Waals surface area contributed by atoms with E-state index in [2.05, 4.69) is 14.7 Å². The molecule has 0 radical (unpaired) electrons. The zero-order valence-electron chi connectivity index (χ0n) is 12.4. The number of fused-ring (bicyclic) bond motifs is 1. The van der Waals surface area contributed by atoms with Gasteiger partial charge < -0.3 is 4.74 Å². The monoisotopic (exact) mass is 314 g/mol. The van der Waals surface area contributed by atoms with Crippen molar-refractivity contribution >= 4 is 10.0 Å². The number of aromatic nitrogens is 2. The van der Waals surface area contributed by atoms with Crippen LogP contribution in [0.5, 0.6) is 0 Å². The summed E-state index contributed by atoms with van der Waals surface area (Å²) in [7, 11) is -1.33. The van der Waals surface area contributed by atoms with Gasteiger partial charge in [-0.15, -0.1) is 0 Å². The molecule has 21 heavy (non-hydrogen) atoms. The molecule has 0 bridgehead atoms. The van der Waals surface area contributed by atoms with Crippen LogP contribution in [0.4, 0.5) is 0 Å². The van der Waals surface area contributed by atoms with E-state index in [9.17, 15) is 8.42 Å². The van der Waals surface area contributed by atoms with E-state index in [0.717, 1.165) is 24.9 Å². The van der Waals surface area contributed by atoms with E-state index in [4.69, 9.17) is 4.74 Å². The van der Waals surface area contributed by atoms with Gasteiger partial charge in [0.1, 0.15) is 0 Å². The van der Waals surface area contributed by atoms with Gasteiger partial charge in [-0.05, 0) is 12.8 Å². The van der Waals surface area contributed by atoms with Gasteiger partial charge in [-0.3, -0.25) is 9.58 Å². The summed E-state index contributed by atoms with van der Waals surface area (Å²) in [6.07, 6.45) is 7.08. The molecule has 3 atom stereocenters. The van der Waals surface area contributed by atoms with E-state index in [-0.39, 0.29) is 18.2 Å². The molecule has 1 N–H and O–H groups in total. The number of ether oxygens (including phenoxy) is 1. The van der Waals surface area contributed by atoms with Crippen LogP contribution in [0.25, 0.3) is 0 Å². The summed E-state index contributed by atoms with van der Waals surface area (Å²) in [6.45, 7) is 2.17. The normalized spacial score (nSPS) is 30.5. The van der Waals surface area contributed by atoms with E-state index < -0.39 is 10.0 Å². The van der Waals surface area contributed by atoms with Crippen LogP contribution in [-0.2, 0) is 28.4 Å². The number of likely N-dealkylation sites (tertiary alicyclic amines) is 1. The maximum absolute atomic E-state index is 11.5. The first-order valence-corrected chi connectivity index (χ1v) is 9.12. The summed E-state index contributed by atoms with van der Waals surface area (Å²) < 4.78 is 33.4. The fourth-order valence-electron chi connectivity index (χ4n) is 3.40. The number of hydrogen-bond donors (Lipinski definition) is 1. The molecule has 0 aliphatic carbocycles. The Kier molecular flexibility index (Phi) is 4.04. The van der Waals surface area contributed by atoms with E-state index >= 15 is 0 Å². The Morgan fingerprint density at radius 2 is 2.33 bits per heavy atom. The number of sulfonamides is 1. The third-order valence-corrected chi connectivity index (χ3v) is 4.87. The fourth-order valence-corrected chi connectivity index (χ4v) is 4.16. The Hall–Kier alpha value is -0.960. The van der Waals surface area contributed by atoms with Crippen LogP contribution in [-0.4, -0.2) is 60.7 Å². The molecular weight excluding hydrogens is 292 g/mol. The summed E-state index contributed by atoms with van der Waals surface area (Å²) >= 11 is 0. The molecule has 1 aromatic rings. The third-order valence-electron chi connectivity index (χ3n) is 4.14. The van der Waals surface area contributed by atoms with E-state index in [1.165, 1.54) is 6.26 Å². The van der Waals surface area contributed by atoms with Crippen LogP contribution in [0.3, 0.4) is 0 Å². The predicted octanol–water partition coefficient (Wildman–Crippen LogP) is -0.299. The molecule has 3 heterocycles. The molecule has 7 nitrogen and oxygen atoms in total. The smallest absolute Gasteiger partial charge is 0.209 e. The van der Waals surface area contributed by atoms with Gasteiger partial charge in [-0.2, -0.15) is 5.10 Å². The topological polar surface area (TPSA) is 76.5 Å². The van der Waals surface area contributed by atoms with Crippen LogP contribution >= 0.6 is 0 Å².